The molecule has 0 saturated heterocycles. The Hall–Kier alpha value is -1.20. The molecule has 1 fully saturated rings. The molecule has 0 heterocycles. The summed E-state index contributed by atoms with van der Waals surface area (Å²) in [6.45, 7) is 0.674. The number of amides is 2. The Labute approximate surface area is 165 Å². The minimum absolute atomic E-state index is 0.106. The number of thioether (sulfide) groups is 1. The van der Waals surface area contributed by atoms with E-state index in [1.807, 2.05) is 6.26 Å². The van der Waals surface area contributed by atoms with Crippen molar-refractivity contribution in [3.63, 3.8) is 0 Å². The van der Waals surface area contributed by atoms with Crippen molar-refractivity contribution < 1.29 is 9.59 Å². The molecule has 2 rings (SSSR count). The Morgan fingerprint density at radius 3 is 2.69 bits per heavy atom. The van der Waals surface area contributed by atoms with Crippen LogP contribution in [0.5, 0.6) is 0 Å². The number of carbonyl (C=O) groups is 2. The predicted molar refractivity (Wildman–Crippen MR) is 110 cm³/mol. The normalized spacial score (nSPS) is 15.6. The lowest BCUT2D eigenvalue weighted by atomic mass is 10.0. The van der Waals surface area contributed by atoms with Crippen LogP contribution in [0.15, 0.2) is 24.3 Å². The Morgan fingerprint density at radius 1 is 1.27 bits per heavy atom. The molecule has 0 radical (unpaired) electrons. The number of hydrogen-bond donors (Lipinski definition) is 2. The molecule has 144 valence electrons. The summed E-state index contributed by atoms with van der Waals surface area (Å²) in [6.07, 6.45) is 10.1. The van der Waals surface area contributed by atoms with Gasteiger partial charge in [0.25, 0.3) is 5.91 Å². The van der Waals surface area contributed by atoms with Crippen LogP contribution in [-0.2, 0) is 4.79 Å². The van der Waals surface area contributed by atoms with Gasteiger partial charge in [-0.05, 0) is 49.3 Å². The summed E-state index contributed by atoms with van der Waals surface area (Å²) < 4.78 is 0. The van der Waals surface area contributed by atoms with Gasteiger partial charge in [0.15, 0.2) is 0 Å². The van der Waals surface area contributed by atoms with Crippen LogP contribution >= 0.6 is 23.4 Å². The first-order valence-corrected chi connectivity index (χ1v) is 11.2. The number of carbonyl (C=O) groups excluding carboxylic acids is 2. The molecule has 2 N–H and O–H groups in total. The van der Waals surface area contributed by atoms with E-state index in [1.54, 1.807) is 36.0 Å². The molecule has 1 saturated carbocycles. The maximum Gasteiger partial charge on any atom is 0.253 e. The number of nitrogens with one attached hydrogen (secondary N) is 2. The molecule has 4 nitrogen and oxygen atoms in total. The van der Waals surface area contributed by atoms with Crippen molar-refractivity contribution in [2.24, 2.45) is 5.92 Å². The van der Waals surface area contributed by atoms with Crippen molar-refractivity contribution in [1.82, 2.24) is 10.6 Å². The van der Waals surface area contributed by atoms with Gasteiger partial charge < -0.3 is 10.6 Å². The third-order valence-electron chi connectivity index (χ3n) is 4.91. The van der Waals surface area contributed by atoms with E-state index in [0.717, 1.165) is 18.1 Å². The number of hydrogen-bond acceptors (Lipinski definition) is 3. The number of halogens is 1. The predicted octanol–water partition coefficient (Wildman–Crippen LogP) is 4.28. The van der Waals surface area contributed by atoms with Gasteiger partial charge in [-0.3, -0.25) is 9.59 Å². The van der Waals surface area contributed by atoms with Crippen molar-refractivity contribution in [1.29, 1.82) is 0 Å². The Bertz CT molecular complexity index is 591. The summed E-state index contributed by atoms with van der Waals surface area (Å²) in [5.74, 6) is 1.23. The zero-order valence-corrected chi connectivity index (χ0v) is 17.0. The highest BCUT2D eigenvalue weighted by Gasteiger charge is 2.22. The third-order valence-corrected chi connectivity index (χ3v) is 5.89. The number of rotatable bonds is 10. The van der Waals surface area contributed by atoms with Crippen LogP contribution in [0, 0.1) is 5.92 Å². The van der Waals surface area contributed by atoms with Crippen molar-refractivity contribution in [3.8, 4) is 0 Å². The van der Waals surface area contributed by atoms with Gasteiger partial charge in [0.05, 0.1) is 10.6 Å². The second-order valence-electron chi connectivity index (χ2n) is 6.87. The summed E-state index contributed by atoms with van der Waals surface area (Å²) in [4.78, 5) is 25.0. The van der Waals surface area contributed by atoms with Crippen LogP contribution in [-0.4, -0.2) is 36.4 Å². The SMILES string of the molecule is CSCCC(NC(=O)c1ccccc1Cl)C(=O)NCCCC1CCCC1. The van der Waals surface area contributed by atoms with Crippen molar-refractivity contribution >= 4 is 35.2 Å². The second kappa shape index (κ2) is 11.5. The first-order chi connectivity index (χ1) is 12.6. The van der Waals surface area contributed by atoms with E-state index in [2.05, 4.69) is 10.6 Å². The Kier molecular flexibility index (Phi) is 9.33. The molecule has 0 bridgehead atoms. The van der Waals surface area contributed by atoms with E-state index in [0.29, 0.717) is 23.6 Å². The van der Waals surface area contributed by atoms with Crippen LogP contribution < -0.4 is 10.6 Å². The number of benzene rings is 1. The topological polar surface area (TPSA) is 58.2 Å². The van der Waals surface area contributed by atoms with Gasteiger partial charge in [0, 0.05) is 6.54 Å². The molecule has 2 amide bonds. The molecule has 1 aliphatic carbocycles. The molecule has 1 aromatic carbocycles. The first-order valence-electron chi connectivity index (χ1n) is 9.44. The van der Waals surface area contributed by atoms with E-state index < -0.39 is 6.04 Å². The molecule has 0 aliphatic heterocycles. The third kappa shape index (κ3) is 6.84. The van der Waals surface area contributed by atoms with E-state index in [-0.39, 0.29) is 11.8 Å². The van der Waals surface area contributed by atoms with Crippen LogP contribution in [0.4, 0.5) is 0 Å². The van der Waals surface area contributed by atoms with Crippen LogP contribution in [0.3, 0.4) is 0 Å². The van der Waals surface area contributed by atoms with Gasteiger partial charge >= 0.3 is 0 Å². The average molecular weight is 397 g/mol. The standard InChI is InChI=1S/C20H29ClN2O2S/c1-26-14-12-18(23-19(24)16-10-4-5-11-17(16)21)20(25)22-13-6-9-15-7-2-3-8-15/h4-5,10-11,15,18H,2-3,6-9,12-14H2,1H3,(H,22,25)(H,23,24). The molecular formula is C20H29ClN2O2S. The van der Waals surface area contributed by atoms with E-state index in [4.69, 9.17) is 11.6 Å². The molecule has 0 aromatic heterocycles. The smallest absolute Gasteiger partial charge is 0.253 e. The highest BCUT2D eigenvalue weighted by molar-refractivity contribution is 7.98. The van der Waals surface area contributed by atoms with Gasteiger partial charge in [-0.15, -0.1) is 0 Å². The lowest BCUT2D eigenvalue weighted by molar-refractivity contribution is -0.123. The monoisotopic (exact) mass is 396 g/mol. The fourth-order valence-electron chi connectivity index (χ4n) is 3.41. The van der Waals surface area contributed by atoms with E-state index in [1.165, 1.54) is 32.1 Å². The summed E-state index contributed by atoms with van der Waals surface area (Å²) in [5, 5.41) is 6.23. The maximum atomic E-state index is 12.5. The van der Waals surface area contributed by atoms with Gasteiger partial charge in [0.1, 0.15) is 6.04 Å². The molecule has 0 spiro atoms. The van der Waals surface area contributed by atoms with E-state index in [9.17, 15) is 9.59 Å². The molecule has 26 heavy (non-hydrogen) atoms. The van der Waals surface area contributed by atoms with Crippen molar-refractivity contribution in [2.75, 3.05) is 18.6 Å². The van der Waals surface area contributed by atoms with Gasteiger partial charge in [0.2, 0.25) is 5.91 Å². The molecular weight excluding hydrogens is 368 g/mol. The zero-order valence-electron chi connectivity index (χ0n) is 15.4. The van der Waals surface area contributed by atoms with Crippen molar-refractivity contribution in [3.05, 3.63) is 34.9 Å². The molecule has 1 aliphatic rings. The lowest BCUT2D eigenvalue weighted by Crippen LogP contribution is -2.47. The largest absolute Gasteiger partial charge is 0.354 e. The van der Waals surface area contributed by atoms with Crippen molar-refractivity contribution in [2.45, 2.75) is 51.0 Å². The van der Waals surface area contributed by atoms with Crippen LogP contribution in [0.1, 0.15) is 55.3 Å². The average Bonchev–Trinajstić information content (AvgIpc) is 3.15. The van der Waals surface area contributed by atoms with Crippen LogP contribution in [0.25, 0.3) is 0 Å². The molecule has 6 heteroatoms. The van der Waals surface area contributed by atoms with Gasteiger partial charge in [-0.2, -0.15) is 11.8 Å². The summed E-state index contributed by atoms with van der Waals surface area (Å²) in [7, 11) is 0. The minimum Gasteiger partial charge on any atom is -0.354 e. The minimum atomic E-state index is -0.530. The summed E-state index contributed by atoms with van der Waals surface area (Å²) in [5.41, 5.74) is 0.400. The second-order valence-corrected chi connectivity index (χ2v) is 8.26. The fraction of sp³-hybridized carbons (Fsp3) is 0.600. The van der Waals surface area contributed by atoms with Gasteiger partial charge in [-0.1, -0.05) is 49.4 Å². The van der Waals surface area contributed by atoms with Gasteiger partial charge in [-0.25, -0.2) is 0 Å². The van der Waals surface area contributed by atoms with E-state index >= 15 is 0 Å². The maximum absolute atomic E-state index is 12.5. The molecule has 1 atom stereocenters. The first kappa shape index (κ1) is 21.1. The Morgan fingerprint density at radius 2 is 2.00 bits per heavy atom. The van der Waals surface area contributed by atoms with Crippen LogP contribution in [0.2, 0.25) is 5.02 Å². The summed E-state index contributed by atoms with van der Waals surface area (Å²) >= 11 is 7.75. The Balaban J connectivity index is 1.83. The highest BCUT2D eigenvalue weighted by atomic mass is 35.5. The molecule has 1 unspecified atom stereocenters. The fourth-order valence-corrected chi connectivity index (χ4v) is 4.10. The lowest BCUT2D eigenvalue weighted by Gasteiger charge is -2.19. The summed E-state index contributed by atoms with van der Waals surface area (Å²) in [6, 6.07) is 6.36. The quantitative estimate of drug-likeness (QED) is 0.580. The highest BCUT2D eigenvalue weighted by Crippen LogP contribution is 2.28. The zero-order chi connectivity index (χ0) is 18.8. The molecule has 1 aromatic rings.